The highest BCUT2D eigenvalue weighted by Gasteiger charge is 2.60. The third-order valence-electron chi connectivity index (χ3n) is 5.35. The third-order valence-corrected chi connectivity index (χ3v) is 5.35. The highest BCUT2D eigenvalue weighted by atomic mass is 15.8. The Morgan fingerprint density at radius 2 is 2.21 bits per heavy atom. The lowest BCUT2D eigenvalue weighted by atomic mass is 9.91. The van der Waals surface area contributed by atoms with Crippen LogP contribution in [0.5, 0.6) is 0 Å². The van der Waals surface area contributed by atoms with Crippen LogP contribution in [0.15, 0.2) is 18.2 Å². The summed E-state index contributed by atoms with van der Waals surface area (Å²) in [5.74, 6) is 0.756. The van der Waals surface area contributed by atoms with E-state index in [9.17, 15) is 0 Å². The molecule has 96 valence electrons. The van der Waals surface area contributed by atoms with Crippen molar-refractivity contribution in [2.45, 2.75) is 19.1 Å². The molecule has 0 aromatic carbocycles. The highest BCUT2D eigenvalue weighted by Crippen LogP contribution is 2.55. The van der Waals surface area contributed by atoms with Gasteiger partial charge in [0.2, 0.25) is 0 Å². The average Bonchev–Trinajstić information content (AvgIpc) is 2.96. The Morgan fingerprint density at radius 1 is 1.26 bits per heavy atom. The van der Waals surface area contributed by atoms with Gasteiger partial charge in [-0.3, -0.25) is 9.30 Å². The molecular weight excluding hydrogens is 238 g/mol. The van der Waals surface area contributed by atoms with E-state index in [0.717, 1.165) is 18.2 Å². The zero-order valence-corrected chi connectivity index (χ0v) is 10.8. The fraction of sp³-hybridized carbons (Fsp3) is 0.500. The van der Waals surface area contributed by atoms with Gasteiger partial charge in [-0.05, 0) is 19.1 Å². The van der Waals surface area contributed by atoms with Gasteiger partial charge in [0.25, 0.3) is 0 Å². The molecule has 0 radical (unpaired) electrons. The molecule has 6 bridgehead atoms. The summed E-state index contributed by atoms with van der Waals surface area (Å²) < 4.78 is 2.43. The lowest BCUT2D eigenvalue weighted by Crippen LogP contribution is -2.47. The van der Waals surface area contributed by atoms with Crippen molar-refractivity contribution < 1.29 is 0 Å². The smallest absolute Gasteiger partial charge is 0.137 e. The summed E-state index contributed by atoms with van der Waals surface area (Å²) in [7, 11) is 0. The summed E-state index contributed by atoms with van der Waals surface area (Å²) in [4.78, 5) is 7.38. The van der Waals surface area contributed by atoms with Crippen LogP contribution in [0.25, 0.3) is 5.65 Å². The van der Waals surface area contributed by atoms with Crippen molar-refractivity contribution >= 4 is 5.65 Å². The zero-order chi connectivity index (χ0) is 12.3. The number of imidazole rings is 1. The van der Waals surface area contributed by atoms with Gasteiger partial charge in [0, 0.05) is 24.7 Å². The minimum Gasteiger partial charge on any atom is -0.296 e. The average molecular weight is 253 g/mol. The summed E-state index contributed by atoms with van der Waals surface area (Å²) in [6.07, 6.45) is 0.425. The summed E-state index contributed by atoms with van der Waals surface area (Å²) in [5.41, 5.74) is 5.15. The van der Waals surface area contributed by atoms with Gasteiger partial charge in [-0.15, -0.1) is 0 Å². The van der Waals surface area contributed by atoms with E-state index in [1.807, 2.05) is 0 Å². The van der Waals surface area contributed by atoms with Crippen LogP contribution >= 0.6 is 0 Å². The first-order valence-corrected chi connectivity index (χ1v) is 7.08. The third kappa shape index (κ3) is 0.844. The quantitative estimate of drug-likeness (QED) is 0.703. The van der Waals surface area contributed by atoms with Gasteiger partial charge in [0.1, 0.15) is 11.8 Å². The van der Waals surface area contributed by atoms with Crippen molar-refractivity contribution in [1.29, 1.82) is 0 Å². The second-order valence-electron chi connectivity index (χ2n) is 6.29. The predicted molar refractivity (Wildman–Crippen MR) is 69.0 cm³/mol. The molecule has 0 N–H and O–H groups in total. The molecule has 6 unspecified atom stereocenters. The second kappa shape index (κ2) is 2.70. The molecule has 5 aliphatic rings. The van der Waals surface area contributed by atoms with Gasteiger partial charge in [-0.2, -0.15) is 0 Å². The summed E-state index contributed by atoms with van der Waals surface area (Å²) in [6, 6.07) is 7.16. The number of hydrogen-bond acceptors (Lipinski definition) is 4. The first-order valence-electron chi connectivity index (χ1n) is 7.08. The van der Waals surface area contributed by atoms with Crippen LogP contribution < -0.4 is 0 Å². The van der Waals surface area contributed by atoms with E-state index in [2.05, 4.69) is 44.4 Å². The molecule has 2 aromatic heterocycles. The first-order chi connectivity index (χ1) is 9.33. The molecule has 7 rings (SSSR count). The van der Waals surface area contributed by atoms with Crippen molar-refractivity contribution in [3.05, 3.63) is 35.3 Å². The van der Waals surface area contributed by atoms with E-state index in [0.29, 0.717) is 12.2 Å². The van der Waals surface area contributed by atoms with Crippen molar-refractivity contribution in [2.75, 3.05) is 19.8 Å². The van der Waals surface area contributed by atoms with Crippen LogP contribution in [-0.2, 0) is 0 Å². The summed E-state index contributed by atoms with van der Waals surface area (Å²) in [6.45, 7) is 5.72. The van der Waals surface area contributed by atoms with Crippen LogP contribution in [0.1, 0.15) is 29.3 Å². The molecule has 0 aliphatic carbocycles. The van der Waals surface area contributed by atoms with Crippen molar-refractivity contribution in [2.24, 2.45) is 5.92 Å². The molecule has 4 fully saturated rings. The molecule has 5 heteroatoms. The van der Waals surface area contributed by atoms with E-state index in [1.54, 1.807) is 0 Å². The fourth-order valence-electron chi connectivity index (χ4n) is 4.83. The van der Waals surface area contributed by atoms with Gasteiger partial charge in [0.15, 0.2) is 0 Å². The second-order valence-corrected chi connectivity index (χ2v) is 6.29. The molecule has 0 spiro atoms. The largest absolute Gasteiger partial charge is 0.296 e. The Hall–Kier alpha value is -1.43. The predicted octanol–water partition coefficient (Wildman–Crippen LogP) is 1.13. The molecule has 6 atom stereocenters. The topological polar surface area (TPSA) is 27.0 Å². The maximum atomic E-state index is 4.77. The first kappa shape index (κ1) is 9.47. The van der Waals surface area contributed by atoms with Gasteiger partial charge >= 0.3 is 0 Å². The lowest BCUT2D eigenvalue weighted by molar-refractivity contribution is -0.0273. The molecular formula is C14H15N5. The minimum atomic E-state index is 0.425. The van der Waals surface area contributed by atoms with Crippen LogP contribution in [0.3, 0.4) is 0 Å². The SMILES string of the molecule is Cc1nc2cccc3n2c1C1N2CC4CN(C2)N1C34. The number of pyridine rings is 1. The number of nitrogens with zero attached hydrogens (tertiary/aromatic N) is 5. The molecule has 0 amide bonds. The van der Waals surface area contributed by atoms with E-state index in [4.69, 9.17) is 4.98 Å². The Labute approximate surface area is 111 Å². The Morgan fingerprint density at radius 3 is 3.16 bits per heavy atom. The molecule has 7 heterocycles. The molecule has 19 heavy (non-hydrogen) atoms. The number of rotatable bonds is 0. The minimum absolute atomic E-state index is 0.425. The maximum Gasteiger partial charge on any atom is 0.137 e. The Bertz CT molecular complexity index is 735. The normalized spacial score (nSPS) is 44.5. The van der Waals surface area contributed by atoms with Crippen molar-refractivity contribution in [1.82, 2.24) is 24.3 Å². The van der Waals surface area contributed by atoms with E-state index < -0.39 is 0 Å². The fourth-order valence-corrected chi connectivity index (χ4v) is 4.83. The van der Waals surface area contributed by atoms with Crippen molar-refractivity contribution in [3.8, 4) is 0 Å². The number of aromatic nitrogens is 2. The Balaban J connectivity index is 1.80. The van der Waals surface area contributed by atoms with E-state index >= 15 is 0 Å². The molecule has 4 saturated heterocycles. The molecule has 0 saturated carbocycles. The van der Waals surface area contributed by atoms with Crippen LogP contribution in [0.4, 0.5) is 0 Å². The number of hydrazine groups is 1. The molecule has 2 aromatic rings. The van der Waals surface area contributed by atoms with Crippen LogP contribution in [0.2, 0.25) is 0 Å². The molecule has 5 aliphatic heterocycles. The van der Waals surface area contributed by atoms with Gasteiger partial charge in [-0.25, -0.2) is 15.0 Å². The van der Waals surface area contributed by atoms with Gasteiger partial charge in [0.05, 0.1) is 24.1 Å². The monoisotopic (exact) mass is 253 g/mol. The van der Waals surface area contributed by atoms with E-state index in [-0.39, 0.29) is 0 Å². The zero-order valence-electron chi connectivity index (χ0n) is 10.8. The number of aryl methyl sites for hydroxylation is 1. The highest BCUT2D eigenvalue weighted by molar-refractivity contribution is 5.49. The van der Waals surface area contributed by atoms with E-state index in [1.165, 1.54) is 30.2 Å². The summed E-state index contributed by atoms with van der Waals surface area (Å²) in [5, 5.41) is 5.16. The van der Waals surface area contributed by atoms with Crippen molar-refractivity contribution in [3.63, 3.8) is 0 Å². The van der Waals surface area contributed by atoms with Gasteiger partial charge in [-0.1, -0.05) is 6.07 Å². The van der Waals surface area contributed by atoms with Crippen LogP contribution in [0, 0.1) is 12.8 Å². The molecule has 5 nitrogen and oxygen atoms in total. The maximum absolute atomic E-state index is 4.77. The Kier molecular flexibility index (Phi) is 1.35. The lowest BCUT2D eigenvalue weighted by Gasteiger charge is -2.44. The van der Waals surface area contributed by atoms with Gasteiger partial charge < -0.3 is 0 Å². The van der Waals surface area contributed by atoms with Crippen LogP contribution in [-0.4, -0.2) is 44.1 Å². The number of hydrogen-bond donors (Lipinski definition) is 0. The standard InChI is InChI=1S/C14H15N5/c1-8-12-14-16-5-9-6-17(7-16)19(14)13(9)10-3-2-4-11(15-8)18(10)12/h2-4,9,13-14H,5-7H2,1H3. The summed E-state index contributed by atoms with van der Waals surface area (Å²) >= 11 is 0.